The normalized spacial score (nSPS) is 24.6. The van der Waals surface area contributed by atoms with Crippen molar-refractivity contribution < 1.29 is 4.79 Å². The summed E-state index contributed by atoms with van der Waals surface area (Å²) in [5.41, 5.74) is 2.30. The second kappa shape index (κ2) is 12.4. The van der Waals surface area contributed by atoms with Gasteiger partial charge in [-0.25, -0.2) is 0 Å². The summed E-state index contributed by atoms with van der Waals surface area (Å²) in [7, 11) is 0. The molecule has 2 aliphatic rings. The Balaban J connectivity index is 1.55. The van der Waals surface area contributed by atoms with Crippen molar-refractivity contribution in [3.05, 3.63) is 35.4 Å². The summed E-state index contributed by atoms with van der Waals surface area (Å²) in [6, 6.07) is 7.91. The first-order valence-corrected chi connectivity index (χ1v) is 12.8. The van der Waals surface area contributed by atoms with Gasteiger partial charge < -0.3 is 15.6 Å². The number of likely N-dealkylation sites (tertiary alicyclic amines) is 1. The molecule has 1 heterocycles. The van der Waals surface area contributed by atoms with Gasteiger partial charge in [0.05, 0.1) is 0 Å². The molecule has 1 aromatic rings. The van der Waals surface area contributed by atoms with Crippen LogP contribution in [-0.4, -0.2) is 42.2 Å². The van der Waals surface area contributed by atoms with Crippen LogP contribution in [0.1, 0.15) is 100 Å². The number of unbranched alkanes of at least 4 members (excludes halogenated alkanes) is 1. The number of carbonyl (C=O) groups is 1. The molecule has 1 aromatic carbocycles. The Morgan fingerprint density at radius 1 is 1.03 bits per heavy atom. The lowest BCUT2D eigenvalue weighted by Gasteiger charge is -2.39. The molecule has 3 unspecified atom stereocenters. The largest absolute Gasteiger partial charge is 0.349 e. The summed E-state index contributed by atoms with van der Waals surface area (Å²) in [4.78, 5) is 15.6. The molecular weight excluding hydrogens is 382 g/mol. The molecule has 0 bridgehead atoms. The van der Waals surface area contributed by atoms with E-state index in [0.29, 0.717) is 11.6 Å². The summed E-state index contributed by atoms with van der Waals surface area (Å²) < 4.78 is 0. The predicted octanol–water partition coefficient (Wildman–Crippen LogP) is 6.05. The average Bonchev–Trinajstić information content (AvgIpc) is 2.79. The van der Waals surface area contributed by atoms with Crippen molar-refractivity contribution in [2.45, 2.75) is 90.5 Å². The van der Waals surface area contributed by atoms with Crippen molar-refractivity contribution in [3.63, 3.8) is 0 Å². The zero-order valence-corrected chi connectivity index (χ0v) is 19.8. The summed E-state index contributed by atoms with van der Waals surface area (Å²) >= 11 is 0. The smallest absolute Gasteiger partial charge is 0.251 e. The number of nitrogens with zero attached hydrogens (tertiary/aromatic N) is 1. The van der Waals surface area contributed by atoms with Crippen LogP contribution in [0.3, 0.4) is 0 Å². The van der Waals surface area contributed by atoms with Gasteiger partial charge in [-0.05, 0) is 74.6 Å². The van der Waals surface area contributed by atoms with Crippen LogP contribution < -0.4 is 5.32 Å². The van der Waals surface area contributed by atoms with E-state index in [2.05, 4.69) is 24.1 Å². The van der Waals surface area contributed by atoms with Crippen LogP contribution in [0.25, 0.3) is 0 Å². The Morgan fingerprint density at radius 3 is 2.52 bits per heavy atom. The molecule has 1 aliphatic heterocycles. The molecule has 3 atom stereocenters. The lowest BCUT2D eigenvalue weighted by Crippen LogP contribution is -2.48. The van der Waals surface area contributed by atoms with E-state index in [1.54, 1.807) is 0 Å². The number of hydrogen-bond donors (Lipinski definition) is 2. The van der Waals surface area contributed by atoms with Crippen molar-refractivity contribution in [2.75, 3.05) is 19.6 Å². The minimum atomic E-state index is 0.0462. The van der Waals surface area contributed by atoms with Gasteiger partial charge in [0, 0.05) is 30.4 Å². The van der Waals surface area contributed by atoms with Crippen LogP contribution in [0.15, 0.2) is 24.3 Å². The fraction of sp³-hybridized carbons (Fsp3) is 0.704. The summed E-state index contributed by atoms with van der Waals surface area (Å²) in [5.74, 6) is 1.49. The van der Waals surface area contributed by atoms with Crippen molar-refractivity contribution in [1.29, 1.82) is 5.41 Å². The molecule has 0 spiro atoms. The molecule has 0 radical (unpaired) electrons. The van der Waals surface area contributed by atoms with Gasteiger partial charge in [0.2, 0.25) is 0 Å². The minimum Gasteiger partial charge on any atom is -0.349 e. The molecule has 31 heavy (non-hydrogen) atoms. The fourth-order valence-electron chi connectivity index (χ4n) is 5.46. The molecule has 3 rings (SSSR count). The maximum atomic E-state index is 12.9. The second-order valence-electron chi connectivity index (χ2n) is 9.84. The van der Waals surface area contributed by atoms with Gasteiger partial charge in [0.1, 0.15) is 0 Å². The first kappa shape index (κ1) is 24.0. The van der Waals surface area contributed by atoms with E-state index in [0.717, 1.165) is 42.9 Å². The highest BCUT2D eigenvalue weighted by Crippen LogP contribution is 2.28. The van der Waals surface area contributed by atoms with Crippen LogP contribution in [0.4, 0.5) is 0 Å². The van der Waals surface area contributed by atoms with E-state index < -0.39 is 0 Å². The van der Waals surface area contributed by atoms with Crippen LogP contribution in [-0.2, 0) is 0 Å². The minimum absolute atomic E-state index is 0.0462. The van der Waals surface area contributed by atoms with E-state index in [-0.39, 0.29) is 11.9 Å². The van der Waals surface area contributed by atoms with Gasteiger partial charge in [0.15, 0.2) is 0 Å². The van der Waals surface area contributed by atoms with Gasteiger partial charge >= 0.3 is 0 Å². The van der Waals surface area contributed by atoms with Crippen molar-refractivity contribution >= 4 is 11.6 Å². The highest BCUT2D eigenvalue weighted by atomic mass is 16.1. The molecule has 1 amide bonds. The zero-order valence-electron chi connectivity index (χ0n) is 19.8. The Kier molecular flexibility index (Phi) is 9.57. The Bertz CT molecular complexity index is 699. The third-order valence-electron chi connectivity index (χ3n) is 7.28. The molecule has 0 aromatic heterocycles. The number of piperidine rings is 1. The van der Waals surface area contributed by atoms with E-state index in [4.69, 9.17) is 5.41 Å². The fourth-order valence-corrected chi connectivity index (χ4v) is 5.46. The Morgan fingerprint density at radius 2 is 1.77 bits per heavy atom. The SMILES string of the molecule is CCCCC1CCCN(CC2CCCCC2NC(=O)c2ccc(C(=N)CCC)cc2)C1. The van der Waals surface area contributed by atoms with Crippen LogP contribution in [0, 0.1) is 17.2 Å². The molecule has 1 aliphatic carbocycles. The highest BCUT2D eigenvalue weighted by molar-refractivity contribution is 6.00. The molecule has 1 saturated heterocycles. The first-order valence-electron chi connectivity index (χ1n) is 12.8. The van der Waals surface area contributed by atoms with Gasteiger partial charge in [-0.15, -0.1) is 0 Å². The average molecular weight is 426 g/mol. The van der Waals surface area contributed by atoms with E-state index in [1.165, 1.54) is 64.5 Å². The Hall–Kier alpha value is -1.68. The van der Waals surface area contributed by atoms with Crippen molar-refractivity contribution in [1.82, 2.24) is 10.2 Å². The van der Waals surface area contributed by atoms with Crippen molar-refractivity contribution in [3.8, 4) is 0 Å². The highest BCUT2D eigenvalue weighted by Gasteiger charge is 2.30. The number of rotatable bonds is 10. The lowest BCUT2D eigenvalue weighted by molar-refractivity contribution is 0.0853. The predicted molar refractivity (Wildman–Crippen MR) is 130 cm³/mol. The molecule has 2 N–H and O–H groups in total. The zero-order chi connectivity index (χ0) is 22.1. The van der Waals surface area contributed by atoms with Gasteiger partial charge in [0.25, 0.3) is 5.91 Å². The van der Waals surface area contributed by atoms with Crippen LogP contribution in [0.2, 0.25) is 0 Å². The van der Waals surface area contributed by atoms with E-state index >= 15 is 0 Å². The number of hydrogen-bond acceptors (Lipinski definition) is 3. The summed E-state index contributed by atoms with van der Waals surface area (Å²) in [6.45, 7) is 8.00. The molecule has 4 heteroatoms. The number of benzene rings is 1. The molecule has 4 nitrogen and oxygen atoms in total. The summed E-state index contributed by atoms with van der Waals surface area (Å²) in [6.07, 6.45) is 13.4. The first-order chi connectivity index (χ1) is 15.1. The Labute approximate surface area is 189 Å². The van der Waals surface area contributed by atoms with E-state index in [9.17, 15) is 4.79 Å². The number of amides is 1. The van der Waals surface area contributed by atoms with Gasteiger partial charge in [-0.3, -0.25) is 4.79 Å². The third-order valence-corrected chi connectivity index (χ3v) is 7.28. The third kappa shape index (κ3) is 7.17. The molecular formula is C27H43N3O. The molecule has 2 fully saturated rings. The molecule has 1 saturated carbocycles. The maximum Gasteiger partial charge on any atom is 0.251 e. The second-order valence-corrected chi connectivity index (χ2v) is 9.84. The van der Waals surface area contributed by atoms with E-state index in [1.807, 2.05) is 24.3 Å². The van der Waals surface area contributed by atoms with Gasteiger partial charge in [-0.2, -0.15) is 0 Å². The maximum absolute atomic E-state index is 12.9. The summed E-state index contributed by atoms with van der Waals surface area (Å²) in [5, 5.41) is 11.5. The lowest BCUT2D eigenvalue weighted by atomic mass is 9.83. The molecule has 172 valence electrons. The number of nitrogens with one attached hydrogen (secondary N) is 2. The van der Waals surface area contributed by atoms with Gasteiger partial charge in [-0.1, -0.05) is 58.1 Å². The monoisotopic (exact) mass is 425 g/mol. The van der Waals surface area contributed by atoms with Crippen molar-refractivity contribution in [2.24, 2.45) is 11.8 Å². The van der Waals surface area contributed by atoms with Crippen LogP contribution >= 0.6 is 0 Å². The van der Waals surface area contributed by atoms with Crippen LogP contribution in [0.5, 0.6) is 0 Å². The quantitative estimate of drug-likeness (QED) is 0.449. The number of carbonyl (C=O) groups excluding carboxylic acids is 1. The standard InChI is InChI=1S/C27H43N3O/c1-3-5-10-21-11-8-18-30(19-21)20-24-12-6-7-13-26(24)29-27(31)23-16-14-22(15-17-23)25(28)9-4-2/h14-17,21,24,26,28H,3-13,18-20H2,1-2H3,(H,29,31). The topological polar surface area (TPSA) is 56.2 Å².